The lowest BCUT2D eigenvalue weighted by Crippen LogP contribution is -2.29. The highest BCUT2D eigenvalue weighted by molar-refractivity contribution is 6.51. The van der Waals surface area contributed by atoms with Crippen molar-refractivity contribution in [2.24, 2.45) is 5.92 Å². The molecule has 1 heterocycles. The van der Waals surface area contributed by atoms with E-state index in [1.165, 1.54) is 4.90 Å². The molecule has 1 aliphatic heterocycles. The first-order chi connectivity index (χ1) is 17.7. The van der Waals surface area contributed by atoms with Gasteiger partial charge in [0, 0.05) is 16.3 Å². The molecule has 0 spiro atoms. The van der Waals surface area contributed by atoms with E-state index in [4.69, 9.17) is 21.1 Å². The minimum atomic E-state index is -0.855. The fraction of sp³-hybridized carbons (Fsp3) is 0.267. The number of aryl methyl sites for hydroxylation is 1. The van der Waals surface area contributed by atoms with E-state index in [0.29, 0.717) is 52.5 Å². The van der Waals surface area contributed by atoms with Crippen LogP contribution in [-0.4, -0.2) is 30.0 Å². The number of halogens is 1. The SMILES string of the molecule is CCOc1ccc(C2/C(=C(\O)c3ccc(OCC(C)C)c(C)c3)C(=O)C(=O)N2c2cccc(Cl)c2)cc1. The molecule has 1 unspecified atom stereocenters. The van der Waals surface area contributed by atoms with Crippen molar-refractivity contribution in [1.82, 2.24) is 0 Å². The van der Waals surface area contributed by atoms with Gasteiger partial charge in [-0.05, 0) is 79.4 Å². The Morgan fingerprint density at radius 1 is 1.03 bits per heavy atom. The normalized spacial score (nSPS) is 16.9. The number of aliphatic hydroxyl groups is 1. The molecule has 0 aliphatic carbocycles. The zero-order chi connectivity index (χ0) is 26.7. The first kappa shape index (κ1) is 26.3. The number of carbonyl (C=O) groups is 2. The number of ether oxygens (including phenoxy) is 2. The van der Waals surface area contributed by atoms with Gasteiger partial charge in [0.15, 0.2) is 0 Å². The second-order valence-electron chi connectivity index (χ2n) is 9.34. The molecule has 0 saturated carbocycles. The molecule has 3 aromatic carbocycles. The summed E-state index contributed by atoms with van der Waals surface area (Å²) in [5.74, 6) is -0.0268. The number of rotatable bonds is 8. The first-order valence-corrected chi connectivity index (χ1v) is 12.6. The van der Waals surface area contributed by atoms with Crippen LogP contribution in [-0.2, 0) is 9.59 Å². The summed E-state index contributed by atoms with van der Waals surface area (Å²) in [6, 6.07) is 18.3. The van der Waals surface area contributed by atoms with E-state index in [9.17, 15) is 14.7 Å². The Hall–Kier alpha value is -3.77. The van der Waals surface area contributed by atoms with Gasteiger partial charge >= 0.3 is 0 Å². The fourth-order valence-corrected chi connectivity index (χ4v) is 4.51. The van der Waals surface area contributed by atoms with Crippen LogP contribution in [0, 0.1) is 12.8 Å². The highest BCUT2D eigenvalue weighted by Gasteiger charge is 2.47. The van der Waals surface area contributed by atoms with Crippen molar-refractivity contribution in [2.45, 2.75) is 33.7 Å². The number of hydrogen-bond donors (Lipinski definition) is 1. The summed E-state index contributed by atoms with van der Waals surface area (Å²) in [6.07, 6.45) is 0. The molecule has 0 aromatic heterocycles. The molecule has 1 N–H and O–H groups in total. The number of amides is 1. The van der Waals surface area contributed by atoms with Crippen LogP contribution in [0.4, 0.5) is 5.69 Å². The number of aliphatic hydroxyl groups excluding tert-OH is 1. The van der Waals surface area contributed by atoms with Crippen molar-refractivity contribution in [2.75, 3.05) is 18.1 Å². The Kier molecular flexibility index (Phi) is 7.89. The first-order valence-electron chi connectivity index (χ1n) is 12.2. The van der Waals surface area contributed by atoms with E-state index in [1.54, 1.807) is 66.7 Å². The summed E-state index contributed by atoms with van der Waals surface area (Å²) < 4.78 is 11.4. The molecule has 1 amide bonds. The number of nitrogens with zero attached hydrogens (tertiary/aromatic N) is 1. The molecule has 3 aromatic rings. The summed E-state index contributed by atoms with van der Waals surface area (Å²) in [5, 5.41) is 11.8. The second-order valence-corrected chi connectivity index (χ2v) is 9.77. The fourth-order valence-electron chi connectivity index (χ4n) is 4.32. The molecular formula is C30H30ClNO5. The Bertz CT molecular complexity index is 1350. The Labute approximate surface area is 222 Å². The van der Waals surface area contributed by atoms with Crippen molar-refractivity contribution >= 4 is 34.7 Å². The van der Waals surface area contributed by atoms with Crippen LogP contribution in [0.15, 0.2) is 72.3 Å². The van der Waals surface area contributed by atoms with Gasteiger partial charge in [0.25, 0.3) is 11.7 Å². The number of benzene rings is 3. The van der Waals surface area contributed by atoms with Crippen LogP contribution in [0.3, 0.4) is 0 Å². The largest absolute Gasteiger partial charge is 0.507 e. The molecule has 1 fully saturated rings. The Morgan fingerprint density at radius 3 is 2.38 bits per heavy atom. The van der Waals surface area contributed by atoms with Gasteiger partial charge in [0.1, 0.15) is 17.3 Å². The minimum Gasteiger partial charge on any atom is -0.507 e. The molecule has 0 bridgehead atoms. The lowest BCUT2D eigenvalue weighted by atomic mass is 9.94. The molecule has 4 rings (SSSR count). The topological polar surface area (TPSA) is 76.1 Å². The monoisotopic (exact) mass is 519 g/mol. The van der Waals surface area contributed by atoms with E-state index < -0.39 is 17.7 Å². The predicted octanol–water partition coefficient (Wildman–Crippen LogP) is 6.71. The van der Waals surface area contributed by atoms with Gasteiger partial charge in [0.2, 0.25) is 0 Å². The molecule has 6 nitrogen and oxygen atoms in total. The second kappa shape index (κ2) is 11.1. The zero-order valence-corrected chi connectivity index (χ0v) is 22.1. The maximum absolute atomic E-state index is 13.4. The van der Waals surface area contributed by atoms with E-state index in [-0.39, 0.29) is 11.3 Å². The number of carbonyl (C=O) groups excluding carboxylic acids is 2. The number of anilines is 1. The van der Waals surface area contributed by atoms with Crippen molar-refractivity contribution in [3.8, 4) is 11.5 Å². The van der Waals surface area contributed by atoms with E-state index in [0.717, 1.165) is 5.56 Å². The highest BCUT2D eigenvalue weighted by atomic mass is 35.5. The van der Waals surface area contributed by atoms with Gasteiger partial charge in [-0.15, -0.1) is 0 Å². The summed E-state index contributed by atoms with van der Waals surface area (Å²) >= 11 is 6.22. The number of ketones is 1. The zero-order valence-electron chi connectivity index (χ0n) is 21.3. The molecular weight excluding hydrogens is 490 g/mol. The number of hydrogen-bond acceptors (Lipinski definition) is 5. The molecule has 1 aliphatic rings. The van der Waals surface area contributed by atoms with Crippen LogP contribution in [0.25, 0.3) is 5.76 Å². The third-order valence-electron chi connectivity index (χ3n) is 6.06. The average Bonchev–Trinajstić information content (AvgIpc) is 3.13. The van der Waals surface area contributed by atoms with Crippen molar-refractivity contribution in [3.05, 3.63) is 94.0 Å². The molecule has 0 radical (unpaired) electrons. The highest BCUT2D eigenvalue weighted by Crippen LogP contribution is 2.43. The standard InChI is InChI=1S/C30H30ClNO5/c1-5-36-24-12-9-20(10-13-24)27-26(29(34)30(35)32(27)23-8-6-7-22(31)16-23)28(33)21-11-14-25(19(4)15-21)37-17-18(2)3/h6-16,18,27,33H,5,17H2,1-4H3/b28-26+. The van der Waals surface area contributed by atoms with Gasteiger partial charge in [-0.3, -0.25) is 14.5 Å². The van der Waals surface area contributed by atoms with Crippen LogP contribution in [0.1, 0.15) is 43.5 Å². The van der Waals surface area contributed by atoms with Crippen molar-refractivity contribution in [3.63, 3.8) is 0 Å². The van der Waals surface area contributed by atoms with E-state index in [1.807, 2.05) is 13.8 Å². The average molecular weight is 520 g/mol. The summed E-state index contributed by atoms with van der Waals surface area (Å²) in [5.41, 5.74) is 2.35. The lowest BCUT2D eigenvalue weighted by molar-refractivity contribution is -0.132. The van der Waals surface area contributed by atoms with Crippen molar-refractivity contribution in [1.29, 1.82) is 0 Å². The molecule has 7 heteroatoms. The van der Waals surface area contributed by atoms with Gasteiger partial charge in [-0.2, -0.15) is 0 Å². The smallest absolute Gasteiger partial charge is 0.300 e. The van der Waals surface area contributed by atoms with Gasteiger partial charge in [-0.25, -0.2) is 0 Å². The Balaban J connectivity index is 1.84. The van der Waals surface area contributed by atoms with Crippen molar-refractivity contribution < 1.29 is 24.2 Å². The van der Waals surface area contributed by atoms with Crippen LogP contribution in [0.5, 0.6) is 11.5 Å². The maximum atomic E-state index is 13.4. The van der Waals surface area contributed by atoms with E-state index in [2.05, 4.69) is 13.8 Å². The molecule has 37 heavy (non-hydrogen) atoms. The van der Waals surface area contributed by atoms with Crippen LogP contribution in [0.2, 0.25) is 5.02 Å². The Morgan fingerprint density at radius 2 is 1.76 bits per heavy atom. The molecule has 1 atom stereocenters. The van der Waals surface area contributed by atoms with Crippen LogP contribution < -0.4 is 14.4 Å². The van der Waals surface area contributed by atoms with Gasteiger partial charge in [0.05, 0.1) is 24.8 Å². The third-order valence-corrected chi connectivity index (χ3v) is 6.29. The summed E-state index contributed by atoms with van der Waals surface area (Å²) in [4.78, 5) is 28.1. The molecule has 192 valence electrons. The van der Waals surface area contributed by atoms with E-state index >= 15 is 0 Å². The minimum absolute atomic E-state index is 0.00406. The summed E-state index contributed by atoms with van der Waals surface area (Å²) in [7, 11) is 0. The maximum Gasteiger partial charge on any atom is 0.300 e. The van der Waals surface area contributed by atoms with Gasteiger partial charge < -0.3 is 14.6 Å². The predicted molar refractivity (Wildman–Crippen MR) is 145 cm³/mol. The van der Waals surface area contributed by atoms with Gasteiger partial charge in [-0.1, -0.05) is 43.6 Å². The molecule has 1 saturated heterocycles. The summed E-state index contributed by atoms with van der Waals surface area (Å²) in [6.45, 7) is 8.97. The third kappa shape index (κ3) is 5.49. The lowest BCUT2D eigenvalue weighted by Gasteiger charge is -2.25. The number of Topliss-reactive ketones (excluding diaryl/α,β-unsaturated/α-hetero) is 1. The quantitative estimate of drug-likeness (QED) is 0.203. The van der Waals surface area contributed by atoms with Crippen LogP contribution >= 0.6 is 11.6 Å².